The first-order chi connectivity index (χ1) is 9.10. The summed E-state index contributed by atoms with van der Waals surface area (Å²) >= 11 is 5.13. The van der Waals surface area contributed by atoms with Crippen LogP contribution in [0.4, 0.5) is 5.69 Å². The number of aryl methyl sites for hydroxylation is 1. The van der Waals surface area contributed by atoms with Gasteiger partial charge in [-0.1, -0.05) is 25.2 Å². The summed E-state index contributed by atoms with van der Waals surface area (Å²) in [5, 5.41) is 3.63. The molecule has 1 saturated heterocycles. The number of likely N-dealkylation sites (N-methyl/N-ethyl adjacent to an activating group) is 1. The van der Waals surface area contributed by atoms with E-state index < -0.39 is 0 Å². The Bertz CT molecular complexity index is 459. The van der Waals surface area contributed by atoms with Crippen LogP contribution in [0.25, 0.3) is 0 Å². The van der Waals surface area contributed by atoms with E-state index in [1.165, 1.54) is 24.9 Å². The van der Waals surface area contributed by atoms with Gasteiger partial charge in [-0.2, -0.15) is 0 Å². The van der Waals surface area contributed by atoms with Crippen LogP contribution in [0, 0.1) is 6.92 Å². The fourth-order valence-corrected chi connectivity index (χ4v) is 2.85. The van der Waals surface area contributed by atoms with Crippen molar-refractivity contribution in [1.29, 1.82) is 0 Å². The standard InChI is InChI=1S/C15H23N3S/c1-3-18-8-4-5-12(10-18)17-14-9-11(2)6-7-13(14)15(16)19/h6-7,9,12,17H,3-5,8,10H2,1-2H3,(H2,16,19). The van der Waals surface area contributed by atoms with Crippen molar-refractivity contribution in [3.63, 3.8) is 0 Å². The number of benzene rings is 1. The lowest BCUT2D eigenvalue weighted by molar-refractivity contribution is 0.227. The molecule has 104 valence electrons. The van der Waals surface area contributed by atoms with Crippen LogP contribution in [0.1, 0.15) is 30.9 Å². The van der Waals surface area contributed by atoms with Crippen molar-refractivity contribution in [1.82, 2.24) is 4.90 Å². The summed E-state index contributed by atoms with van der Waals surface area (Å²) in [4.78, 5) is 2.95. The minimum absolute atomic E-state index is 0.464. The molecule has 1 fully saturated rings. The second kappa shape index (κ2) is 6.35. The normalized spacial score (nSPS) is 20.2. The maximum atomic E-state index is 5.80. The zero-order valence-corrected chi connectivity index (χ0v) is 12.6. The van der Waals surface area contributed by atoms with Gasteiger partial charge in [-0.25, -0.2) is 0 Å². The highest BCUT2D eigenvalue weighted by molar-refractivity contribution is 7.80. The number of nitrogens with two attached hydrogens (primary N) is 1. The number of thiocarbonyl (C=S) groups is 1. The molecule has 3 nitrogen and oxygen atoms in total. The monoisotopic (exact) mass is 277 g/mol. The van der Waals surface area contributed by atoms with E-state index in [1.807, 2.05) is 6.07 Å². The van der Waals surface area contributed by atoms with Crippen LogP contribution in [0.5, 0.6) is 0 Å². The first-order valence-electron chi connectivity index (χ1n) is 6.99. The van der Waals surface area contributed by atoms with Gasteiger partial charge in [0.1, 0.15) is 4.99 Å². The van der Waals surface area contributed by atoms with Gasteiger partial charge in [0.05, 0.1) is 0 Å². The van der Waals surface area contributed by atoms with Crippen LogP contribution in [0.2, 0.25) is 0 Å². The number of hydrogen-bond donors (Lipinski definition) is 2. The van der Waals surface area contributed by atoms with Crippen LogP contribution in [0.15, 0.2) is 18.2 Å². The van der Waals surface area contributed by atoms with Gasteiger partial charge in [-0.15, -0.1) is 0 Å². The van der Waals surface area contributed by atoms with Crippen molar-refractivity contribution in [3.05, 3.63) is 29.3 Å². The molecule has 0 aliphatic carbocycles. The van der Waals surface area contributed by atoms with Crippen LogP contribution in [-0.2, 0) is 0 Å². The number of nitrogens with zero attached hydrogens (tertiary/aromatic N) is 1. The number of anilines is 1. The third-order valence-corrected chi connectivity index (χ3v) is 3.97. The molecule has 0 spiro atoms. The lowest BCUT2D eigenvalue weighted by atomic mass is 10.0. The van der Waals surface area contributed by atoms with Gasteiger partial charge >= 0.3 is 0 Å². The minimum Gasteiger partial charge on any atom is -0.389 e. The average Bonchev–Trinajstić information content (AvgIpc) is 2.38. The fourth-order valence-electron chi connectivity index (χ4n) is 2.67. The quantitative estimate of drug-likeness (QED) is 0.830. The SMILES string of the molecule is CCN1CCCC(Nc2cc(C)ccc2C(N)=S)C1. The van der Waals surface area contributed by atoms with Crippen molar-refractivity contribution in [3.8, 4) is 0 Å². The van der Waals surface area contributed by atoms with Gasteiger partial charge in [0.15, 0.2) is 0 Å². The van der Waals surface area contributed by atoms with Crippen LogP contribution in [-0.4, -0.2) is 35.6 Å². The lowest BCUT2D eigenvalue weighted by Crippen LogP contribution is -2.42. The van der Waals surface area contributed by atoms with Gasteiger partial charge in [-0.05, 0) is 50.6 Å². The van der Waals surface area contributed by atoms with Gasteiger partial charge in [0.2, 0.25) is 0 Å². The first kappa shape index (κ1) is 14.3. The van der Waals surface area contributed by atoms with E-state index in [0.717, 1.165) is 24.3 Å². The highest BCUT2D eigenvalue weighted by atomic mass is 32.1. The van der Waals surface area contributed by atoms with Crippen LogP contribution >= 0.6 is 12.2 Å². The van der Waals surface area contributed by atoms with Crippen LogP contribution in [0.3, 0.4) is 0 Å². The van der Waals surface area contributed by atoms with E-state index in [-0.39, 0.29) is 0 Å². The Hall–Kier alpha value is -1.13. The number of nitrogens with one attached hydrogen (secondary N) is 1. The maximum absolute atomic E-state index is 5.80. The first-order valence-corrected chi connectivity index (χ1v) is 7.40. The Labute approximate surface area is 121 Å². The summed E-state index contributed by atoms with van der Waals surface area (Å²) in [6, 6.07) is 6.70. The zero-order valence-electron chi connectivity index (χ0n) is 11.8. The Morgan fingerprint density at radius 3 is 3.00 bits per heavy atom. The molecule has 4 heteroatoms. The third-order valence-electron chi connectivity index (χ3n) is 3.75. The molecule has 1 atom stereocenters. The highest BCUT2D eigenvalue weighted by Gasteiger charge is 2.19. The second-order valence-electron chi connectivity index (χ2n) is 5.29. The van der Waals surface area contributed by atoms with E-state index in [9.17, 15) is 0 Å². The molecule has 0 amide bonds. The predicted octanol–water partition coefficient (Wildman–Crippen LogP) is 2.53. The molecule has 19 heavy (non-hydrogen) atoms. The minimum atomic E-state index is 0.464. The molecule has 0 saturated carbocycles. The molecule has 1 aromatic rings. The number of piperidine rings is 1. The van der Waals surface area contributed by atoms with Crippen molar-refractivity contribution < 1.29 is 0 Å². The van der Waals surface area contributed by atoms with Crippen molar-refractivity contribution in [2.75, 3.05) is 25.0 Å². The molecule has 0 bridgehead atoms. The van der Waals surface area contributed by atoms with Gasteiger partial charge < -0.3 is 16.0 Å². The van der Waals surface area contributed by atoms with Crippen LogP contribution < -0.4 is 11.1 Å². The molecule has 1 aliphatic rings. The summed E-state index contributed by atoms with van der Waals surface area (Å²) in [7, 11) is 0. The van der Waals surface area contributed by atoms with E-state index in [0.29, 0.717) is 11.0 Å². The topological polar surface area (TPSA) is 41.3 Å². The molecule has 0 aromatic heterocycles. The number of likely N-dealkylation sites (tertiary alicyclic amines) is 1. The molecular weight excluding hydrogens is 254 g/mol. The van der Waals surface area contributed by atoms with Crippen molar-refractivity contribution in [2.24, 2.45) is 5.73 Å². The number of hydrogen-bond acceptors (Lipinski definition) is 3. The van der Waals surface area contributed by atoms with Crippen molar-refractivity contribution >= 4 is 22.9 Å². The zero-order chi connectivity index (χ0) is 13.8. The summed E-state index contributed by atoms with van der Waals surface area (Å²) < 4.78 is 0. The molecule has 0 radical (unpaired) electrons. The van der Waals surface area contributed by atoms with Crippen molar-refractivity contribution in [2.45, 2.75) is 32.7 Å². The van der Waals surface area contributed by atoms with E-state index in [1.54, 1.807) is 0 Å². The Morgan fingerprint density at radius 2 is 2.32 bits per heavy atom. The molecule has 2 rings (SSSR count). The van der Waals surface area contributed by atoms with Gasteiger partial charge in [-0.3, -0.25) is 0 Å². The summed E-state index contributed by atoms with van der Waals surface area (Å²) in [5.74, 6) is 0. The largest absolute Gasteiger partial charge is 0.389 e. The van der Waals surface area contributed by atoms with Gasteiger partial charge in [0.25, 0.3) is 0 Å². The third kappa shape index (κ3) is 3.67. The molecule has 1 heterocycles. The fraction of sp³-hybridized carbons (Fsp3) is 0.533. The van der Waals surface area contributed by atoms with E-state index in [4.69, 9.17) is 18.0 Å². The summed E-state index contributed by atoms with van der Waals surface area (Å²) in [6.07, 6.45) is 2.46. The molecular formula is C15H23N3S. The van der Waals surface area contributed by atoms with E-state index in [2.05, 4.69) is 36.2 Å². The Morgan fingerprint density at radius 1 is 1.53 bits per heavy atom. The highest BCUT2D eigenvalue weighted by Crippen LogP contribution is 2.21. The number of rotatable bonds is 4. The molecule has 3 N–H and O–H groups in total. The predicted molar refractivity (Wildman–Crippen MR) is 85.8 cm³/mol. The second-order valence-corrected chi connectivity index (χ2v) is 5.73. The van der Waals surface area contributed by atoms with Gasteiger partial charge in [0, 0.05) is 23.8 Å². The molecule has 1 unspecified atom stereocenters. The lowest BCUT2D eigenvalue weighted by Gasteiger charge is -2.33. The molecule has 1 aliphatic heterocycles. The summed E-state index contributed by atoms with van der Waals surface area (Å²) in [6.45, 7) is 7.74. The smallest absolute Gasteiger partial charge is 0.106 e. The Balaban J connectivity index is 2.13. The summed E-state index contributed by atoms with van der Waals surface area (Å²) in [5.41, 5.74) is 9.06. The Kier molecular flexibility index (Phi) is 4.77. The maximum Gasteiger partial charge on any atom is 0.106 e. The average molecular weight is 277 g/mol. The van der Waals surface area contributed by atoms with E-state index >= 15 is 0 Å². The molecule has 1 aromatic carbocycles.